The van der Waals surface area contributed by atoms with Gasteiger partial charge in [0.05, 0.1) is 12.2 Å². The van der Waals surface area contributed by atoms with E-state index in [1.807, 2.05) is 25.1 Å². The molecule has 0 bridgehead atoms. The highest BCUT2D eigenvalue weighted by Gasteiger charge is 2.34. The van der Waals surface area contributed by atoms with Crippen LogP contribution in [0, 0.1) is 0 Å². The Morgan fingerprint density at radius 1 is 1.37 bits per heavy atom. The van der Waals surface area contributed by atoms with Gasteiger partial charge in [0.2, 0.25) is 0 Å². The average Bonchev–Trinajstić information content (AvgIpc) is 3.01. The summed E-state index contributed by atoms with van der Waals surface area (Å²) in [6, 6.07) is 6.41. The molecule has 0 spiro atoms. The Balaban J connectivity index is 1.67. The van der Waals surface area contributed by atoms with E-state index in [0.29, 0.717) is 12.6 Å². The lowest BCUT2D eigenvalue weighted by molar-refractivity contribution is 0.0934. The molecule has 0 saturated carbocycles. The van der Waals surface area contributed by atoms with Gasteiger partial charge in [-0.15, -0.1) is 11.3 Å². The number of amides is 1. The average molecular weight is 450 g/mol. The van der Waals surface area contributed by atoms with Crippen molar-refractivity contribution in [3.05, 3.63) is 44.2 Å². The van der Waals surface area contributed by atoms with E-state index in [2.05, 4.69) is 45.3 Å². The third kappa shape index (κ3) is 3.48. The molecule has 3 heterocycles. The number of halogens is 1. The molecule has 1 atom stereocenters. The number of thiophene rings is 1. The Kier molecular flexibility index (Phi) is 5.18. The van der Waals surface area contributed by atoms with Crippen molar-refractivity contribution in [3.8, 4) is 5.75 Å². The maximum absolute atomic E-state index is 13.0. The molecule has 2 N–H and O–H groups in total. The molecule has 0 aliphatic carbocycles. The monoisotopic (exact) mass is 449 g/mol. The van der Waals surface area contributed by atoms with Gasteiger partial charge in [0.25, 0.3) is 5.91 Å². The SMILES string of the molecule is CCOc1ccc(Br)cc1C1NC(=O)c2c(sc3c2CCN(C(C)C)C3)N1. The first-order chi connectivity index (χ1) is 13.0. The standard InChI is InChI=1S/C20H24BrN3O2S/c1-4-26-15-6-5-12(21)9-14(15)18-22-19(25)17-13-7-8-24(11(2)3)10-16(13)27-20(17)23-18/h5-6,9,11,18,23H,4,7-8,10H2,1-3H3,(H,22,25). The number of ether oxygens (including phenoxy) is 1. The molecule has 0 fully saturated rings. The number of hydrogen-bond acceptors (Lipinski definition) is 5. The maximum atomic E-state index is 13.0. The van der Waals surface area contributed by atoms with Crippen LogP contribution in [-0.2, 0) is 13.0 Å². The Labute approximate surface area is 172 Å². The molecule has 144 valence electrons. The highest BCUT2D eigenvalue weighted by Crippen LogP contribution is 2.42. The van der Waals surface area contributed by atoms with Crippen LogP contribution in [0.4, 0.5) is 5.00 Å². The third-order valence-electron chi connectivity index (χ3n) is 5.18. The second-order valence-electron chi connectivity index (χ2n) is 7.19. The van der Waals surface area contributed by atoms with Crippen LogP contribution in [0.1, 0.15) is 53.3 Å². The number of anilines is 1. The molecule has 4 rings (SSSR count). The largest absolute Gasteiger partial charge is 0.493 e. The smallest absolute Gasteiger partial charge is 0.256 e. The summed E-state index contributed by atoms with van der Waals surface area (Å²) in [4.78, 5) is 16.7. The first-order valence-electron chi connectivity index (χ1n) is 9.36. The molecule has 27 heavy (non-hydrogen) atoms. The van der Waals surface area contributed by atoms with Gasteiger partial charge in [0.15, 0.2) is 0 Å². The van der Waals surface area contributed by atoms with Gasteiger partial charge >= 0.3 is 0 Å². The fraction of sp³-hybridized carbons (Fsp3) is 0.450. The minimum absolute atomic E-state index is 0.00618. The van der Waals surface area contributed by atoms with Crippen molar-refractivity contribution in [3.63, 3.8) is 0 Å². The molecule has 0 saturated heterocycles. The highest BCUT2D eigenvalue weighted by molar-refractivity contribution is 9.10. The molecule has 0 radical (unpaired) electrons. The molecule has 1 aromatic heterocycles. The van der Waals surface area contributed by atoms with Gasteiger partial charge in [-0.2, -0.15) is 0 Å². The van der Waals surface area contributed by atoms with E-state index in [-0.39, 0.29) is 12.1 Å². The summed E-state index contributed by atoms with van der Waals surface area (Å²) < 4.78 is 6.73. The second kappa shape index (κ2) is 7.45. The van der Waals surface area contributed by atoms with Crippen LogP contribution in [0.2, 0.25) is 0 Å². The van der Waals surface area contributed by atoms with Crippen LogP contribution >= 0.6 is 27.3 Å². The van der Waals surface area contributed by atoms with Crippen molar-refractivity contribution in [1.82, 2.24) is 10.2 Å². The number of benzene rings is 1. The van der Waals surface area contributed by atoms with Gasteiger partial charge in [-0.25, -0.2) is 0 Å². The third-order valence-corrected chi connectivity index (χ3v) is 6.82. The van der Waals surface area contributed by atoms with E-state index in [1.54, 1.807) is 11.3 Å². The molecule has 2 aliphatic heterocycles. The van der Waals surface area contributed by atoms with Crippen molar-refractivity contribution in [1.29, 1.82) is 0 Å². The molecule has 1 amide bonds. The molecule has 1 aromatic carbocycles. The van der Waals surface area contributed by atoms with Crippen molar-refractivity contribution < 1.29 is 9.53 Å². The normalized spacial score (nSPS) is 19.3. The summed E-state index contributed by atoms with van der Waals surface area (Å²) in [5.41, 5.74) is 2.98. The highest BCUT2D eigenvalue weighted by atomic mass is 79.9. The summed E-state index contributed by atoms with van der Waals surface area (Å²) in [7, 11) is 0. The van der Waals surface area contributed by atoms with Crippen LogP contribution < -0.4 is 15.4 Å². The number of hydrogen-bond donors (Lipinski definition) is 2. The summed E-state index contributed by atoms with van der Waals surface area (Å²) in [6.07, 6.45) is 0.630. The van der Waals surface area contributed by atoms with E-state index < -0.39 is 0 Å². The van der Waals surface area contributed by atoms with Crippen LogP contribution in [0.25, 0.3) is 0 Å². The summed E-state index contributed by atoms with van der Waals surface area (Å²) in [5, 5.41) is 7.64. The van der Waals surface area contributed by atoms with Gasteiger partial charge in [-0.05, 0) is 51.0 Å². The number of fused-ring (bicyclic) bond motifs is 3. The van der Waals surface area contributed by atoms with Gasteiger partial charge in [-0.3, -0.25) is 9.69 Å². The molecule has 5 nitrogen and oxygen atoms in total. The lowest BCUT2D eigenvalue weighted by Crippen LogP contribution is -2.39. The van der Waals surface area contributed by atoms with Crippen LogP contribution in [0.5, 0.6) is 5.75 Å². The fourth-order valence-electron chi connectivity index (χ4n) is 3.76. The quantitative estimate of drug-likeness (QED) is 0.719. The summed E-state index contributed by atoms with van der Waals surface area (Å²) in [6.45, 7) is 8.92. The Hall–Kier alpha value is -1.57. The fourth-order valence-corrected chi connectivity index (χ4v) is 5.44. The van der Waals surface area contributed by atoms with E-state index in [1.165, 1.54) is 10.4 Å². The first kappa shape index (κ1) is 18.8. The summed E-state index contributed by atoms with van der Waals surface area (Å²) >= 11 is 5.25. The molecule has 2 aromatic rings. The molecular weight excluding hydrogens is 426 g/mol. The summed E-state index contributed by atoms with van der Waals surface area (Å²) in [5.74, 6) is 0.793. The van der Waals surface area contributed by atoms with E-state index >= 15 is 0 Å². The lowest BCUT2D eigenvalue weighted by Gasteiger charge is -2.31. The maximum Gasteiger partial charge on any atom is 0.256 e. The number of nitrogens with one attached hydrogen (secondary N) is 2. The van der Waals surface area contributed by atoms with Crippen molar-refractivity contribution in [2.75, 3.05) is 18.5 Å². The molecule has 1 unspecified atom stereocenters. The van der Waals surface area contributed by atoms with E-state index in [9.17, 15) is 4.79 Å². The minimum atomic E-state index is -0.301. The Morgan fingerprint density at radius 2 is 2.19 bits per heavy atom. The zero-order valence-corrected chi connectivity index (χ0v) is 18.2. The van der Waals surface area contributed by atoms with Gasteiger partial charge in [-0.1, -0.05) is 15.9 Å². The van der Waals surface area contributed by atoms with Crippen LogP contribution in [-0.4, -0.2) is 30.0 Å². The van der Waals surface area contributed by atoms with Crippen molar-refractivity contribution in [2.45, 2.75) is 45.9 Å². The number of carbonyl (C=O) groups is 1. The van der Waals surface area contributed by atoms with Crippen LogP contribution in [0.15, 0.2) is 22.7 Å². The first-order valence-corrected chi connectivity index (χ1v) is 11.0. The van der Waals surface area contributed by atoms with E-state index in [4.69, 9.17) is 4.74 Å². The molecule has 2 aliphatic rings. The topological polar surface area (TPSA) is 53.6 Å². The number of rotatable bonds is 4. The predicted octanol–water partition coefficient (Wildman–Crippen LogP) is 4.53. The molecule has 7 heteroatoms. The van der Waals surface area contributed by atoms with Crippen LogP contribution in [0.3, 0.4) is 0 Å². The van der Waals surface area contributed by atoms with Gasteiger partial charge < -0.3 is 15.4 Å². The van der Waals surface area contributed by atoms with Crippen molar-refractivity contribution in [2.24, 2.45) is 0 Å². The minimum Gasteiger partial charge on any atom is -0.493 e. The number of carbonyl (C=O) groups excluding carboxylic acids is 1. The zero-order chi connectivity index (χ0) is 19.1. The van der Waals surface area contributed by atoms with Gasteiger partial charge in [0.1, 0.15) is 16.9 Å². The number of nitrogens with zero attached hydrogens (tertiary/aromatic N) is 1. The predicted molar refractivity (Wildman–Crippen MR) is 113 cm³/mol. The lowest BCUT2D eigenvalue weighted by atomic mass is 9.99. The molecular formula is C20H24BrN3O2S. The van der Waals surface area contributed by atoms with E-state index in [0.717, 1.165) is 45.9 Å². The second-order valence-corrected chi connectivity index (χ2v) is 9.21. The van der Waals surface area contributed by atoms with Crippen molar-refractivity contribution >= 4 is 38.2 Å². The zero-order valence-electron chi connectivity index (χ0n) is 15.8. The Morgan fingerprint density at radius 3 is 2.93 bits per heavy atom. The Bertz CT molecular complexity index is 880. The van der Waals surface area contributed by atoms with Gasteiger partial charge in [0, 0.05) is 34.0 Å².